The van der Waals surface area contributed by atoms with E-state index in [9.17, 15) is 0 Å². The first-order chi connectivity index (χ1) is 10.9. The van der Waals surface area contributed by atoms with Gasteiger partial charge < -0.3 is 0 Å². The fourth-order valence-electron chi connectivity index (χ4n) is 7.20. The summed E-state index contributed by atoms with van der Waals surface area (Å²) >= 11 is 0. The van der Waals surface area contributed by atoms with E-state index in [1.807, 2.05) is 0 Å². The third-order valence-corrected chi connectivity index (χ3v) is 15.1. The van der Waals surface area contributed by atoms with E-state index >= 15 is 0 Å². The molecule has 6 rings (SSSR count). The van der Waals surface area contributed by atoms with Crippen LogP contribution in [0.25, 0.3) is 0 Å². The molecular weight excluding hydrogens is 344 g/mol. The predicted octanol–water partition coefficient (Wildman–Crippen LogP) is 6.12. The normalized spacial score (nSPS) is 62.2. The number of rotatable bonds is 0. The molecule has 4 heteroatoms. The topological polar surface area (TPSA) is 0 Å². The van der Waals surface area contributed by atoms with Crippen molar-refractivity contribution in [3.05, 3.63) is 0 Å². The molecule has 122 valence electrons. The Kier molecular flexibility index (Phi) is 3.60. The number of hydrogen-bond donors (Lipinski definition) is 0. The maximum absolute atomic E-state index is 2.37. The van der Waals surface area contributed by atoms with E-state index in [-0.39, 0.29) is 0 Å². The Labute approximate surface area is 150 Å². The monoisotopic (exact) mass is 370 g/mol. The van der Waals surface area contributed by atoms with Crippen molar-refractivity contribution in [2.75, 3.05) is 0 Å². The standard InChI is InChI=1S/C18H26S4/c1-2-6-10-9(5-1)15-13-14-16(10)20-22-18(14)12-8-4-3-7-11(12)17(13)21-19-15/h9-18H,1-8H2. The molecule has 2 aliphatic heterocycles. The van der Waals surface area contributed by atoms with Crippen LogP contribution in [0.4, 0.5) is 0 Å². The zero-order valence-corrected chi connectivity index (χ0v) is 16.3. The third kappa shape index (κ3) is 1.85. The van der Waals surface area contributed by atoms with Crippen LogP contribution in [0, 0.1) is 35.5 Å². The molecule has 4 saturated carbocycles. The molecule has 0 bridgehead atoms. The molecule has 6 aliphatic rings. The van der Waals surface area contributed by atoms with Gasteiger partial charge in [0.25, 0.3) is 0 Å². The molecule has 8 unspecified atom stereocenters. The number of hydrogen-bond acceptors (Lipinski definition) is 4. The lowest BCUT2D eigenvalue weighted by Gasteiger charge is -2.56. The Morgan fingerprint density at radius 3 is 0.955 bits per heavy atom. The minimum absolute atomic E-state index is 1.05. The van der Waals surface area contributed by atoms with E-state index in [0.29, 0.717) is 0 Å². The summed E-state index contributed by atoms with van der Waals surface area (Å²) in [6.07, 6.45) is 12.4. The van der Waals surface area contributed by atoms with E-state index in [4.69, 9.17) is 0 Å². The van der Waals surface area contributed by atoms with E-state index in [2.05, 4.69) is 43.2 Å². The van der Waals surface area contributed by atoms with Crippen LogP contribution in [0.1, 0.15) is 51.4 Å². The highest BCUT2D eigenvalue weighted by Crippen LogP contribution is 2.74. The molecule has 2 saturated heterocycles. The van der Waals surface area contributed by atoms with Crippen molar-refractivity contribution in [3.8, 4) is 0 Å². The van der Waals surface area contributed by atoms with Crippen LogP contribution in [0.5, 0.6) is 0 Å². The van der Waals surface area contributed by atoms with Crippen molar-refractivity contribution < 1.29 is 0 Å². The first-order valence-electron chi connectivity index (χ1n) is 9.58. The van der Waals surface area contributed by atoms with E-state index < -0.39 is 0 Å². The second-order valence-electron chi connectivity index (χ2n) is 8.62. The first-order valence-corrected chi connectivity index (χ1v) is 14.1. The molecule has 0 aromatic heterocycles. The Morgan fingerprint density at radius 1 is 0.409 bits per heavy atom. The molecule has 0 spiro atoms. The molecule has 0 radical (unpaired) electrons. The van der Waals surface area contributed by atoms with Crippen molar-refractivity contribution in [1.82, 2.24) is 0 Å². The molecule has 2 heterocycles. The summed E-state index contributed by atoms with van der Waals surface area (Å²) in [5, 5.41) is 4.19. The van der Waals surface area contributed by atoms with Crippen molar-refractivity contribution in [1.29, 1.82) is 0 Å². The minimum atomic E-state index is 1.05. The summed E-state index contributed by atoms with van der Waals surface area (Å²) < 4.78 is 0. The average molecular weight is 371 g/mol. The summed E-state index contributed by atoms with van der Waals surface area (Å²) in [6.45, 7) is 0. The summed E-state index contributed by atoms with van der Waals surface area (Å²) in [7, 11) is 9.50. The molecule has 6 fully saturated rings. The fraction of sp³-hybridized carbons (Fsp3) is 1.00. The molecule has 4 aliphatic carbocycles. The lowest BCUT2D eigenvalue weighted by molar-refractivity contribution is 0.0256. The molecular formula is C18H26S4. The zero-order valence-electron chi connectivity index (χ0n) is 13.1. The maximum atomic E-state index is 2.37. The van der Waals surface area contributed by atoms with Crippen LogP contribution in [-0.2, 0) is 0 Å². The van der Waals surface area contributed by atoms with Gasteiger partial charge in [0.2, 0.25) is 0 Å². The largest absolute Gasteiger partial charge is 0.0898 e. The van der Waals surface area contributed by atoms with E-state index in [1.54, 1.807) is 25.7 Å². The molecule has 0 aromatic carbocycles. The van der Waals surface area contributed by atoms with Crippen molar-refractivity contribution >= 4 is 43.2 Å². The van der Waals surface area contributed by atoms with Gasteiger partial charge in [0.05, 0.1) is 0 Å². The molecule has 0 aromatic rings. The smallest absolute Gasteiger partial charge is 0.0225 e. The van der Waals surface area contributed by atoms with Crippen LogP contribution in [0.15, 0.2) is 0 Å². The van der Waals surface area contributed by atoms with E-state index in [1.165, 1.54) is 25.7 Å². The molecule has 22 heavy (non-hydrogen) atoms. The van der Waals surface area contributed by atoms with Crippen LogP contribution in [0.2, 0.25) is 0 Å². The van der Waals surface area contributed by atoms with Gasteiger partial charge in [-0.05, 0) is 61.2 Å². The van der Waals surface area contributed by atoms with Crippen LogP contribution >= 0.6 is 43.2 Å². The summed E-state index contributed by atoms with van der Waals surface area (Å²) in [5.41, 5.74) is 0. The van der Waals surface area contributed by atoms with Gasteiger partial charge in [-0.2, -0.15) is 0 Å². The lowest BCUT2D eigenvalue weighted by Crippen LogP contribution is -2.59. The second-order valence-corrected chi connectivity index (χ2v) is 13.9. The zero-order chi connectivity index (χ0) is 14.3. The van der Waals surface area contributed by atoms with E-state index in [0.717, 1.165) is 56.5 Å². The Balaban J connectivity index is 1.43. The average Bonchev–Trinajstić information content (AvgIpc) is 3.19. The predicted molar refractivity (Wildman–Crippen MR) is 103 cm³/mol. The highest BCUT2D eigenvalue weighted by Gasteiger charge is 2.66. The molecule has 8 atom stereocenters. The lowest BCUT2D eigenvalue weighted by atomic mass is 9.53. The van der Waals surface area contributed by atoms with Crippen LogP contribution < -0.4 is 0 Å². The molecule has 0 N–H and O–H groups in total. The first kappa shape index (κ1) is 14.6. The number of fused-ring (bicyclic) bond motifs is 6. The van der Waals surface area contributed by atoms with Gasteiger partial charge in [0, 0.05) is 21.0 Å². The van der Waals surface area contributed by atoms with Crippen molar-refractivity contribution in [3.63, 3.8) is 0 Å². The van der Waals surface area contributed by atoms with Gasteiger partial charge in [-0.1, -0.05) is 68.9 Å². The quantitative estimate of drug-likeness (QED) is 0.471. The molecule has 0 nitrogen and oxygen atoms in total. The second kappa shape index (κ2) is 5.45. The van der Waals surface area contributed by atoms with Crippen LogP contribution in [-0.4, -0.2) is 21.0 Å². The van der Waals surface area contributed by atoms with Gasteiger partial charge >= 0.3 is 0 Å². The summed E-state index contributed by atoms with van der Waals surface area (Å²) in [4.78, 5) is 0. The van der Waals surface area contributed by atoms with Gasteiger partial charge in [-0.25, -0.2) is 0 Å². The van der Waals surface area contributed by atoms with Gasteiger partial charge in [-0.15, -0.1) is 0 Å². The van der Waals surface area contributed by atoms with Gasteiger partial charge in [0.15, 0.2) is 0 Å². The van der Waals surface area contributed by atoms with Crippen molar-refractivity contribution in [2.45, 2.75) is 72.4 Å². The summed E-state index contributed by atoms with van der Waals surface area (Å²) in [5.74, 6) is 6.57. The Morgan fingerprint density at radius 2 is 0.682 bits per heavy atom. The fourth-order valence-corrected chi connectivity index (χ4v) is 16.5. The summed E-state index contributed by atoms with van der Waals surface area (Å²) in [6, 6.07) is 0. The minimum Gasteiger partial charge on any atom is -0.0898 e. The molecule has 0 amide bonds. The van der Waals surface area contributed by atoms with Crippen molar-refractivity contribution in [2.24, 2.45) is 35.5 Å². The van der Waals surface area contributed by atoms with Gasteiger partial charge in [0.1, 0.15) is 0 Å². The van der Waals surface area contributed by atoms with Crippen LogP contribution in [0.3, 0.4) is 0 Å². The maximum Gasteiger partial charge on any atom is 0.0225 e. The Hall–Kier alpha value is 1.40. The Bertz CT molecular complexity index is 386. The highest BCUT2D eigenvalue weighted by atomic mass is 33.1. The SMILES string of the molecule is C1CCC2C(C1)C1SSC3C4CCCCC4C4SSC2C4C13. The van der Waals surface area contributed by atoms with Gasteiger partial charge in [-0.3, -0.25) is 0 Å². The highest BCUT2D eigenvalue weighted by molar-refractivity contribution is 8.78. The third-order valence-electron chi connectivity index (χ3n) is 7.96.